The molecule has 0 aliphatic carbocycles. The SMILES string of the molecule is C#CCOC(=O)N1CCN(C(=O)c2cc(C=O)ccc2O)CC1. The van der Waals surface area contributed by atoms with E-state index in [1.807, 2.05) is 0 Å². The Morgan fingerprint density at radius 2 is 1.91 bits per heavy atom. The monoisotopic (exact) mass is 316 g/mol. The number of hydrogen-bond acceptors (Lipinski definition) is 5. The van der Waals surface area contributed by atoms with Gasteiger partial charge in [0.1, 0.15) is 12.0 Å². The maximum Gasteiger partial charge on any atom is 0.410 e. The van der Waals surface area contributed by atoms with Crippen LogP contribution in [0.15, 0.2) is 18.2 Å². The minimum atomic E-state index is -0.513. The summed E-state index contributed by atoms with van der Waals surface area (Å²) in [6.07, 6.45) is 5.12. The van der Waals surface area contributed by atoms with Gasteiger partial charge in [-0.15, -0.1) is 6.42 Å². The summed E-state index contributed by atoms with van der Waals surface area (Å²) in [6, 6.07) is 4.08. The molecule has 1 heterocycles. The Labute approximate surface area is 133 Å². The van der Waals surface area contributed by atoms with Gasteiger partial charge in [-0.05, 0) is 18.2 Å². The second-order valence-corrected chi connectivity index (χ2v) is 4.93. The number of aromatic hydroxyl groups is 1. The quantitative estimate of drug-likeness (QED) is 0.656. The Balaban J connectivity index is 2.00. The van der Waals surface area contributed by atoms with Gasteiger partial charge in [0.15, 0.2) is 6.61 Å². The average Bonchev–Trinajstić information content (AvgIpc) is 2.59. The summed E-state index contributed by atoms with van der Waals surface area (Å²) in [6.45, 7) is 1.13. The summed E-state index contributed by atoms with van der Waals surface area (Å²) in [5.41, 5.74) is 0.376. The Kier molecular flexibility index (Phi) is 5.20. The number of benzene rings is 1. The summed E-state index contributed by atoms with van der Waals surface area (Å²) >= 11 is 0. The molecule has 2 amide bonds. The maximum atomic E-state index is 12.4. The number of nitrogens with zero attached hydrogens (tertiary/aromatic N) is 2. The van der Waals surface area contributed by atoms with Gasteiger partial charge in [0.2, 0.25) is 0 Å². The highest BCUT2D eigenvalue weighted by molar-refractivity contribution is 5.98. The van der Waals surface area contributed by atoms with Gasteiger partial charge in [0.25, 0.3) is 5.91 Å². The third-order valence-electron chi connectivity index (χ3n) is 3.49. The van der Waals surface area contributed by atoms with Crippen LogP contribution >= 0.6 is 0 Å². The van der Waals surface area contributed by atoms with E-state index in [0.29, 0.717) is 38.0 Å². The third kappa shape index (κ3) is 3.80. The molecule has 0 spiro atoms. The Morgan fingerprint density at radius 3 is 2.52 bits per heavy atom. The fourth-order valence-electron chi connectivity index (χ4n) is 2.26. The van der Waals surface area contributed by atoms with Crippen LogP contribution in [0, 0.1) is 12.3 Å². The lowest BCUT2D eigenvalue weighted by molar-refractivity contribution is 0.0581. The van der Waals surface area contributed by atoms with Gasteiger partial charge in [-0.25, -0.2) is 4.79 Å². The van der Waals surface area contributed by atoms with Gasteiger partial charge in [0, 0.05) is 31.7 Å². The number of piperazine rings is 1. The van der Waals surface area contributed by atoms with Crippen molar-refractivity contribution in [2.45, 2.75) is 0 Å². The zero-order valence-electron chi connectivity index (χ0n) is 12.4. The fourth-order valence-corrected chi connectivity index (χ4v) is 2.26. The Morgan fingerprint density at radius 1 is 1.26 bits per heavy atom. The second-order valence-electron chi connectivity index (χ2n) is 4.93. The van der Waals surface area contributed by atoms with Crippen molar-refractivity contribution in [3.05, 3.63) is 29.3 Å². The van der Waals surface area contributed by atoms with E-state index in [1.165, 1.54) is 28.0 Å². The number of hydrogen-bond donors (Lipinski definition) is 1. The first-order chi connectivity index (χ1) is 11.1. The molecule has 1 aromatic carbocycles. The molecule has 120 valence electrons. The van der Waals surface area contributed by atoms with Crippen LogP contribution in [0.3, 0.4) is 0 Å². The van der Waals surface area contributed by atoms with Crippen molar-refractivity contribution in [2.24, 2.45) is 0 Å². The molecule has 0 radical (unpaired) electrons. The highest BCUT2D eigenvalue weighted by Crippen LogP contribution is 2.20. The number of phenolic OH excluding ortho intramolecular Hbond substituents is 1. The van der Waals surface area contributed by atoms with Crippen LogP contribution in [0.4, 0.5) is 4.79 Å². The van der Waals surface area contributed by atoms with E-state index in [0.717, 1.165) is 0 Å². The molecule has 7 nitrogen and oxygen atoms in total. The van der Waals surface area contributed by atoms with Gasteiger partial charge < -0.3 is 19.6 Å². The predicted octanol–water partition coefficient (Wildman–Crippen LogP) is 0.732. The van der Waals surface area contributed by atoms with Gasteiger partial charge in [0.05, 0.1) is 5.56 Å². The topological polar surface area (TPSA) is 87.2 Å². The van der Waals surface area contributed by atoms with Crippen LogP contribution in [0.1, 0.15) is 20.7 Å². The van der Waals surface area contributed by atoms with E-state index in [4.69, 9.17) is 11.2 Å². The van der Waals surface area contributed by atoms with Crippen LogP contribution in [0.2, 0.25) is 0 Å². The third-order valence-corrected chi connectivity index (χ3v) is 3.49. The van der Waals surface area contributed by atoms with Crippen molar-refractivity contribution < 1.29 is 24.2 Å². The maximum absolute atomic E-state index is 12.4. The first-order valence-electron chi connectivity index (χ1n) is 6.99. The first kappa shape index (κ1) is 16.4. The predicted molar refractivity (Wildman–Crippen MR) is 81.2 cm³/mol. The van der Waals surface area contributed by atoms with E-state index in [2.05, 4.69) is 5.92 Å². The van der Waals surface area contributed by atoms with Crippen LogP contribution in [0.25, 0.3) is 0 Å². The summed E-state index contributed by atoms with van der Waals surface area (Å²) < 4.78 is 4.83. The van der Waals surface area contributed by atoms with E-state index in [-0.39, 0.29) is 23.8 Å². The second kappa shape index (κ2) is 7.31. The fraction of sp³-hybridized carbons (Fsp3) is 0.312. The molecule has 1 aliphatic rings. The summed E-state index contributed by atoms with van der Waals surface area (Å²) in [4.78, 5) is 37.9. The molecule has 0 aromatic heterocycles. The van der Waals surface area contributed by atoms with Crippen molar-refractivity contribution in [3.63, 3.8) is 0 Å². The van der Waals surface area contributed by atoms with Crippen molar-refractivity contribution in [2.75, 3.05) is 32.8 Å². The van der Waals surface area contributed by atoms with Gasteiger partial charge >= 0.3 is 6.09 Å². The van der Waals surface area contributed by atoms with Gasteiger partial charge in [-0.3, -0.25) is 9.59 Å². The lowest BCUT2D eigenvalue weighted by Crippen LogP contribution is -2.50. The molecule has 1 saturated heterocycles. The summed E-state index contributed by atoms with van der Waals surface area (Å²) in [7, 11) is 0. The van der Waals surface area contributed by atoms with Crippen LogP contribution in [-0.2, 0) is 4.74 Å². The van der Waals surface area contributed by atoms with E-state index in [9.17, 15) is 19.5 Å². The largest absolute Gasteiger partial charge is 0.507 e. The van der Waals surface area contributed by atoms with Crippen molar-refractivity contribution in [1.29, 1.82) is 0 Å². The lowest BCUT2D eigenvalue weighted by atomic mass is 10.1. The molecule has 1 aliphatic heterocycles. The van der Waals surface area contributed by atoms with Crippen LogP contribution in [-0.4, -0.2) is 66.0 Å². The Bertz CT molecular complexity index is 657. The van der Waals surface area contributed by atoms with Crippen molar-refractivity contribution >= 4 is 18.3 Å². The average molecular weight is 316 g/mol. The van der Waals surface area contributed by atoms with E-state index in [1.54, 1.807) is 0 Å². The molecule has 1 N–H and O–H groups in total. The molecule has 1 fully saturated rings. The molecule has 0 saturated carbocycles. The van der Waals surface area contributed by atoms with Crippen molar-refractivity contribution in [3.8, 4) is 18.1 Å². The molecular formula is C16H16N2O5. The smallest absolute Gasteiger partial charge is 0.410 e. The van der Waals surface area contributed by atoms with Gasteiger partial charge in [-0.2, -0.15) is 0 Å². The molecule has 1 aromatic rings. The van der Waals surface area contributed by atoms with Crippen LogP contribution < -0.4 is 0 Å². The molecule has 7 heteroatoms. The molecule has 23 heavy (non-hydrogen) atoms. The highest BCUT2D eigenvalue weighted by Gasteiger charge is 2.26. The molecule has 0 bridgehead atoms. The molecule has 0 atom stereocenters. The number of terminal acetylenes is 1. The summed E-state index contributed by atoms with van der Waals surface area (Å²) in [5.74, 6) is 1.64. The van der Waals surface area contributed by atoms with E-state index >= 15 is 0 Å². The number of amides is 2. The van der Waals surface area contributed by atoms with Crippen molar-refractivity contribution in [1.82, 2.24) is 9.80 Å². The number of carbonyl (C=O) groups excluding carboxylic acids is 3. The number of aldehydes is 1. The molecular weight excluding hydrogens is 300 g/mol. The minimum Gasteiger partial charge on any atom is -0.507 e. The zero-order chi connectivity index (χ0) is 16.8. The first-order valence-corrected chi connectivity index (χ1v) is 6.99. The lowest BCUT2D eigenvalue weighted by Gasteiger charge is -2.34. The summed E-state index contributed by atoms with van der Waals surface area (Å²) in [5, 5.41) is 9.80. The number of rotatable bonds is 3. The normalized spacial score (nSPS) is 14.0. The minimum absolute atomic E-state index is 0.0676. The zero-order valence-corrected chi connectivity index (χ0v) is 12.4. The van der Waals surface area contributed by atoms with E-state index < -0.39 is 6.09 Å². The standard InChI is InChI=1S/C16H16N2O5/c1-2-9-23-16(22)18-7-5-17(6-8-18)15(21)13-10-12(11-19)3-4-14(13)20/h1,3-4,10-11,20H,5-9H2. The number of ether oxygens (including phenoxy) is 1. The molecule has 0 unspecified atom stereocenters. The van der Waals surface area contributed by atoms with Crippen LogP contribution in [0.5, 0.6) is 5.75 Å². The number of carbonyl (C=O) groups is 3. The van der Waals surface area contributed by atoms with Gasteiger partial charge in [-0.1, -0.05) is 5.92 Å². The highest BCUT2D eigenvalue weighted by atomic mass is 16.6. The Hall–Kier alpha value is -3.01. The number of phenols is 1. The molecule has 2 rings (SSSR count).